The molecule has 1 heterocycles. The smallest absolute Gasteiger partial charge is 0.323 e. The van der Waals surface area contributed by atoms with Crippen molar-refractivity contribution in [3.05, 3.63) is 0 Å². The fourth-order valence-electron chi connectivity index (χ4n) is 1.57. The van der Waals surface area contributed by atoms with Crippen LogP contribution in [0.15, 0.2) is 0 Å². The van der Waals surface area contributed by atoms with Crippen LogP contribution in [0.4, 0.5) is 0 Å². The summed E-state index contributed by atoms with van der Waals surface area (Å²) >= 11 is 0. The van der Waals surface area contributed by atoms with Gasteiger partial charge in [-0.3, -0.25) is 4.79 Å². The molecule has 1 rings (SSSR count). The highest BCUT2D eigenvalue weighted by Gasteiger charge is 2.23. The summed E-state index contributed by atoms with van der Waals surface area (Å²) in [6.45, 7) is 2.76. The predicted molar refractivity (Wildman–Crippen MR) is 52.9 cm³/mol. The Kier molecular flexibility index (Phi) is 4.90. The van der Waals surface area contributed by atoms with Crippen molar-refractivity contribution >= 4 is 5.97 Å². The second kappa shape index (κ2) is 5.98. The molecule has 0 amide bonds. The van der Waals surface area contributed by atoms with Crippen LogP contribution in [0.1, 0.15) is 32.6 Å². The van der Waals surface area contributed by atoms with Gasteiger partial charge in [-0.15, -0.1) is 0 Å². The number of aliphatic hydroxyl groups is 1. The third-order valence-electron chi connectivity index (χ3n) is 2.45. The van der Waals surface area contributed by atoms with Crippen molar-refractivity contribution in [1.29, 1.82) is 0 Å². The van der Waals surface area contributed by atoms with Gasteiger partial charge in [-0.05, 0) is 26.3 Å². The molecule has 0 aromatic carbocycles. The number of piperidine rings is 1. The van der Waals surface area contributed by atoms with Gasteiger partial charge in [-0.1, -0.05) is 6.42 Å². The molecule has 2 unspecified atom stereocenters. The van der Waals surface area contributed by atoms with E-state index in [0.717, 1.165) is 25.8 Å². The van der Waals surface area contributed by atoms with Crippen molar-refractivity contribution in [2.45, 2.75) is 44.8 Å². The Bertz CT molecular complexity index is 178. The fourth-order valence-corrected chi connectivity index (χ4v) is 1.57. The van der Waals surface area contributed by atoms with Gasteiger partial charge in [0, 0.05) is 13.0 Å². The number of nitrogens with one attached hydrogen (secondary N) is 1. The van der Waals surface area contributed by atoms with Gasteiger partial charge in [-0.25, -0.2) is 0 Å². The standard InChI is InChI=1S/C10H19NO3/c1-8(5-7-12)14-10(13)9-4-2-3-6-11-9/h8-9,11-12H,2-7H2,1H3. The van der Waals surface area contributed by atoms with Crippen LogP contribution in [0, 0.1) is 0 Å². The average molecular weight is 201 g/mol. The van der Waals surface area contributed by atoms with Crippen LogP contribution < -0.4 is 5.32 Å². The Morgan fingerprint density at radius 3 is 3.00 bits per heavy atom. The number of hydrogen-bond donors (Lipinski definition) is 2. The van der Waals surface area contributed by atoms with Crippen molar-refractivity contribution in [1.82, 2.24) is 5.32 Å². The van der Waals surface area contributed by atoms with Crippen LogP contribution in [0.3, 0.4) is 0 Å². The predicted octanol–water partition coefficient (Wildman–Crippen LogP) is 0.443. The molecule has 82 valence electrons. The Morgan fingerprint density at radius 2 is 2.43 bits per heavy atom. The molecule has 1 aliphatic rings. The summed E-state index contributed by atoms with van der Waals surface area (Å²) in [6, 6.07) is -0.134. The number of ether oxygens (including phenoxy) is 1. The molecule has 0 spiro atoms. The molecule has 0 aromatic heterocycles. The molecule has 0 bridgehead atoms. The Hall–Kier alpha value is -0.610. The van der Waals surface area contributed by atoms with E-state index < -0.39 is 0 Å². The van der Waals surface area contributed by atoms with Gasteiger partial charge in [0.25, 0.3) is 0 Å². The van der Waals surface area contributed by atoms with Crippen LogP contribution in [-0.2, 0) is 9.53 Å². The molecule has 2 N–H and O–H groups in total. The lowest BCUT2D eigenvalue weighted by Gasteiger charge is -2.23. The maximum absolute atomic E-state index is 11.5. The van der Waals surface area contributed by atoms with Gasteiger partial charge in [0.2, 0.25) is 0 Å². The number of hydrogen-bond acceptors (Lipinski definition) is 4. The van der Waals surface area contributed by atoms with Crippen LogP contribution >= 0.6 is 0 Å². The maximum Gasteiger partial charge on any atom is 0.323 e. The highest BCUT2D eigenvalue weighted by molar-refractivity contribution is 5.76. The Morgan fingerprint density at radius 1 is 1.64 bits per heavy atom. The summed E-state index contributed by atoms with van der Waals surface area (Å²) in [7, 11) is 0. The van der Waals surface area contributed by atoms with Crippen molar-refractivity contribution < 1.29 is 14.6 Å². The molecule has 0 aliphatic carbocycles. The highest BCUT2D eigenvalue weighted by atomic mass is 16.5. The van der Waals surface area contributed by atoms with Gasteiger partial charge in [0.15, 0.2) is 0 Å². The number of rotatable bonds is 4. The molecular weight excluding hydrogens is 182 g/mol. The van der Waals surface area contributed by atoms with E-state index in [1.807, 2.05) is 0 Å². The zero-order valence-electron chi connectivity index (χ0n) is 8.66. The largest absolute Gasteiger partial charge is 0.461 e. The van der Waals surface area contributed by atoms with E-state index in [9.17, 15) is 4.79 Å². The number of carbonyl (C=O) groups is 1. The van der Waals surface area contributed by atoms with Crippen LogP contribution in [-0.4, -0.2) is 36.4 Å². The lowest BCUT2D eigenvalue weighted by atomic mass is 10.1. The monoisotopic (exact) mass is 201 g/mol. The molecule has 1 fully saturated rings. The summed E-state index contributed by atoms with van der Waals surface area (Å²) < 4.78 is 5.17. The third kappa shape index (κ3) is 3.64. The summed E-state index contributed by atoms with van der Waals surface area (Å²) in [5.41, 5.74) is 0. The first kappa shape index (κ1) is 11.5. The third-order valence-corrected chi connectivity index (χ3v) is 2.45. The maximum atomic E-state index is 11.5. The first-order valence-electron chi connectivity index (χ1n) is 5.28. The quantitative estimate of drug-likeness (QED) is 0.648. The number of aliphatic hydroxyl groups excluding tert-OH is 1. The van der Waals surface area contributed by atoms with Crippen molar-refractivity contribution in [3.63, 3.8) is 0 Å². The van der Waals surface area contributed by atoms with Crippen LogP contribution in [0.2, 0.25) is 0 Å². The molecule has 14 heavy (non-hydrogen) atoms. The van der Waals surface area contributed by atoms with Crippen molar-refractivity contribution in [2.75, 3.05) is 13.2 Å². The highest BCUT2D eigenvalue weighted by Crippen LogP contribution is 2.09. The minimum atomic E-state index is -0.184. The fraction of sp³-hybridized carbons (Fsp3) is 0.900. The van der Waals surface area contributed by atoms with Gasteiger partial charge in [0.1, 0.15) is 12.1 Å². The van der Waals surface area contributed by atoms with Gasteiger partial charge in [-0.2, -0.15) is 0 Å². The zero-order chi connectivity index (χ0) is 10.4. The molecular formula is C10H19NO3. The molecule has 4 heteroatoms. The second-order valence-electron chi connectivity index (χ2n) is 3.76. The van der Waals surface area contributed by atoms with E-state index in [2.05, 4.69) is 5.32 Å². The first-order valence-corrected chi connectivity index (χ1v) is 5.28. The van der Waals surface area contributed by atoms with Gasteiger partial charge in [0.05, 0.1) is 0 Å². The summed E-state index contributed by atoms with van der Waals surface area (Å²) in [5.74, 6) is -0.175. The van der Waals surface area contributed by atoms with E-state index in [1.165, 1.54) is 0 Å². The summed E-state index contributed by atoms with van der Waals surface area (Å²) in [6.07, 6.45) is 3.41. The van der Waals surface area contributed by atoms with E-state index in [1.54, 1.807) is 6.92 Å². The zero-order valence-corrected chi connectivity index (χ0v) is 8.66. The minimum absolute atomic E-state index is 0.0620. The van der Waals surface area contributed by atoms with Gasteiger partial charge < -0.3 is 15.2 Å². The molecule has 0 aromatic rings. The van der Waals surface area contributed by atoms with Crippen molar-refractivity contribution in [3.8, 4) is 0 Å². The molecule has 4 nitrogen and oxygen atoms in total. The number of carbonyl (C=O) groups excluding carboxylic acids is 1. The lowest BCUT2D eigenvalue weighted by Crippen LogP contribution is -2.42. The Labute approximate surface area is 84.6 Å². The number of esters is 1. The normalized spacial score (nSPS) is 24.3. The van der Waals surface area contributed by atoms with Crippen LogP contribution in [0.25, 0.3) is 0 Å². The molecule has 0 radical (unpaired) electrons. The van der Waals surface area contributed by atoms with Crippen LogP contribution in [0.5, 0.6) is 0 Å². The van der Waals surface area contributed by atoms with E-state index in [0.29, 0.717) is 6.42 Å². The van der Waals surface area contributed by atoms with E-state index in [4.69, 9.17) is 9.84 Å². The minimum Gasteiger partial charge on any atom is -0.461 e. The van der Waals surface area contributed by atoms with E-state index in [-0.39, 0.29) is 24.7 Å². The van der Waals surface area contributed by atoms with Gasteiger partial charge >= 0.3 is 5.97 Å². The molecule has 2 atom stereocenters. The van der Waals surface area contributed by atoms with Crippen molar-refractivity contribution in [2.24, 2.45) is 0 Å². The average Bonchev–Trinajstić information content (AvgIpc) is 2.19. The van der Waals surface area contributed by atoms with E-state index >= 15 is 0 Å². The topological polar surface area (TPSA) is 58.6 Å². The molecule has 0 saturated carbocycles. The summed E-state index contributed by atoms with van der Waals surface area (Å²) in [4.78, 5) is 11.5. The SMILES string of the molecule is CC(CCO)OC(=O)C1CCCCN1. The summed E-state index contributed by atoms with van der Waals surface area (Å²) in [5, 5.41) is 11.8. The molecule has 1 aliphatic heterocycles. The second-order valence-corrected chi connectivity index (χ2v) is 3.76. The first-order chi connectivity index (χ1) is 6.74. The lowest BCUT2D eigenvalue weighted by molar-refractivity contribution is -0.152. The molecule has 1 saturated heterocycles. The Balaban J connectivity index is 2.25.